The molecule has 4 N–H and O–H groups in total. The standard InChI is InChI=1S/C2H4O3.BH3O4.K.H/c1-2(3)5-4;2-1(3)5-4;;/h4H,1H3;2-4H;;/q;;+1;-1. The van der Waals surface area contributed by atoms with Gasteiger partial charge >= 0.3 is 64.7 Å². The summed E-state index contributed by atoms with van der Waals surface area (Å²) < 4.78 is 0. The molecule has 0 atom stereocenters. The van der Waals surface area contributed by atoms with Crippen LogP contribution in [0.2, 0.25) is 0 Å². The monoisotopic (exact) mass is 194 g/mol. The minimum Gasteiger partial charge on any atom is -1.00 e. The fraction of sp³-hybridized carbons (Fsp3) is 0.500. The molecule has 0 spiro atoms. The molecule has 11 heavy (non-hydrogen) atoms. The SMILES string of the molecule is CC(=O)OO.OOB(O)O.[H-].[K+]. The van der Waals surface area contributed by atoms with Crippen molar-refractivity contribution in [2.24, 2.45) is 0 Å². The van der Waals surface area contributed by atoms with E-state index in [-0.39, 0.29) is 52.8 Å². The van der Waals surface area contributed by atoms with Gasteiger partial charge < -0.3 is 16.4 Å². The van der Waals surface area contributed by atoms with Crippen LogP contribution >= 0.6 is 0 Å². The molecule has 0 amide bonds. The zero-order valence-corrected chi connectivity index (χ0v) is 9.21. The van der Waals surface area contributed by atoms with Gasteiger partial charge in [0.1, 0.15) is 0 Å². The van der Waals surface area contributed by atoms with Crippen LogP contribution in [0.25, 0.3) is 0 Å². The van der Waals surface area contributed by atoms with Crippen molar-refractivity contribution in [1.82, 2.24) is 0 Å². The van der Waals surface area contributed by atoms with Crippen molar-refractivity contribution in [3.8, 4) is 0 Å². The van der Waals surface area contributed by atoms with Crippen LogP contribution < -0.4 is 51.4 Å². The van der Waals surface area contributed by atoms with Crippen molar-refractivity contribution >= 4 is 13.3 Å². The molecule has 0 aliphatic heterocycles. The Bertz CT molecular complexity index is 91.5. The van der Waals surface area contributed by atoms with E-state index in [9.17, 15) is 4.79 Å². The molecule has 0 aliphatic rings. The second kappa shape index (κ2) is 13.6. The molecule has 0 aromatic rings. The van der Waals surface area contributed by atoms with E-state index in [1.54, 1.807) is 0 Å². The molecule has 9 heteroatoms. The van der Waals surface area contributed by atoms with Gasteiger partial charge in [-0.25, -0.2) is 9.60 Å². The molecule has 0 unspecified atom stereocenters. The second-order valence-electron chi connectivity index (χ2n) is 1.01. The molecule has 0 rings (SSSR count). The topological polar surface area (TPSA) is 116 Å². The molecular formula is C2H8BKO7. The van der Waals surface area contributed by atoms with Crippen LogP contribution in [0, 0.1) is 0 Å². The Balaban J connectivity index is -0.0000000457. The van der Waals surface area contributed by atoms with Gasteiger partial charge in [-0.3, -0.25) is 5.26 Å². The Labute approximate surface area is 107 Å². The summed E-state index contributed by atoms with van der Waals surface area (Å²) in [5, 5.41) is 29.3. The minimum absolute atomic E-state index is 0. The quantitative estimate of drug-likeness (QED) is 0.189. The zero-order chi connectivity index (χ0) is 8.57. The van der Waals surface area contributed by atoms with Crippen molar-refractivity contribution in [2.75, 3.05) is 0 Å². The zero-order valence-electron chi connectivity index (χ0n) is 7.09. The third kappa shape index (κ3) is 35.7. The molecule has 0 saturated heterocycles. The molecule has 0 saturated carbocycles. The van der Waals surface area contributed by atoms with Crippen LogP contribution in [-0.4, -0.2) is 33.9 Å². The van der Waals surface area contributed by atoms with Gasteiger partial charge in [0.05, 0.1) is 0 Å². The fourth-order valence-corrected chi connectivity index (χ4v) is 0. The summed E-state index contributed by atoms with van der Waals surface area (Å²) in [5.41, 5.74) is 0. The largest absolute Gasteiger partial charge is 1.00 e. The molecule has 0 aromatic heterocycles. The number of rotatable bonds is 1. The molecule has 62 valence electrons. The van der Waals surface area contributed by atoms with Crippen LogP contribution in [-0.2, 0) is 14.5 Å². The average Bonchev–Trinajstić information content (AvgIpc) is 1.89. The van der Waals surface area contributed by atoms with Gasteiger partial charge in [0, 0.05) is 6.92 Å². The summed E-state index contributed by atoms with van der Waals surface area (Å²) in [6.07, 6.45) is 0. The van der Waals surface area contributed by atoms with Crippen LogP contribution in [0.1, 0.15) is 8.35 Å². The van der Waals surface area contributed by atoms with E-state index in [1.807, 2.05) is 0 Å². The first kappa shape index (κ1) is 17.9. The Morgan fingerprint density at radius 2 is 1.64 bits per heavy atom. The molecule has 0 fully saturated rings. The Hall–Kier alpha value is 0.971. The van der Waals surface area contributed by atoms with Crippen LogP contribution in [0.3, 0.4) is 0 Å². The summed E-state index contributed by atoms with van der Waals surface area (Å²) >= 11 is 0. The van der Waals surface area contributed by atoms with E-state index < -0.39 is 13.3 Å². The van der Waals surface area contributed by atoms with Gasteiger partial charge in [0.15, 0.2) is 0 Å². The van der Waals surface area contributed by atoms with Crippen molar-refractivity contribution in [2.45, 2.75) is 6.92 Å². The molecule has 0 aliphatic carbocycles. The third-order valence-electron chi connectivity index (χ3n) is 0.223. The Morgan fingerprint density at radius 3 is 1.64 bits per heavy atom. The van der Waals surface area contributed by atoms with Crippen LogP contribution in [0.5, 0.6) is 0 Å². The second-order valence-corrected chi connectivity index (χ2v) is 1.01. The summed E-state index contributed by atoms with van der Waals surface area (Å²) in [6, 6.07) is 0. The first-order chi connectivity index (χ1) is 4.54. The number of hydrogen-bond donors (Lipinski definition) is 4. The predicted molar refractivity (Wildman–Crippen MR) is 29.4 cm³/mol. The van der Waals surface area contributed by atoms with Gasteiger partial charge in [0.2, 0.25) is 0 Å². The van der Waals surface area contributed by atoms with Gasteiger partial charge in [-0.2, -0.15) is 5.26 Å². The molecule has 0 radical (unpaired) electrons. The maximum atomic E-state index is 9.34. The average molecular weight is 194 g/mol. The summed E-state index contributed by atoms with van der Waals surface area (Å²) in [4.78, 5) is 15.3. The maximum Gasteiger partial charge on any atom is 1.00 e. The van der Waals surface area contributed by atoms with Crippen molar-refractivity contribution in [1.29, 1.82) is 0 Å². The van der Waals surface area contributed by atoms with Gasteiger partial charge in [0.25, 0.3) is 0 Å². The van der Waals surface area contributed by atoms with Crippen LogP contribution in [0.4, 0.5) is 0 Å². The maximum absolute atomic E-state index is 9.34. The summed E-state index contributed by atoms with van der Waals surface area (Å²) in [5.74, 6) is -0.690. The first-order valence-corrected chi connectivity index (χ1v) is 2.03. The van der Waals surface area contributed by atoms with Crippen molar-refractivity contribution in [3.05, 3.63) is 0 Å². The van der Waals surface area contributed by atoms with Gasteiger partial charge in [-0.1, -0.05) is 0 Å². The fourth-order valence-electron chi connectivity index (χ4n) is 0. The third-order valence-corrected chi connectivity index (χ3v) is 0.223. The van der Waals surface area contributed by atoms with E-state index in [4.69, 9.17) is 20.6 Å². The van der Waals surface area contributed by atoms with Gasteiger partial charge in [-0.05, 0) is 0 Å². The normalized spacial score (nSPS) is 6.64. The van der Waals surface area contributed by atoms with Gasteiger partial charge in [-0.15, -0.1) is 0 Å². The van der Waals surface area contributed by atoms with E-state index in [2.05, 4.69) is 9.69 Å². The smallest absolute Gasteiger partial charge is 1.00 e. The Morgan fingerprint density at radius 1 is 1.45 bits per heavy atom. The number of carbonyl (C=O) groups is 1. The van der Waals surface area contributed by atoms with E-state index in [0.29, 0.717) is 0 Å². The molecule has 0 aromatic carbocycles. The predicted octanol–water partition coefficient (Wildman–Crippen LogP) is -4.42. The number of hydrogen-bond acceptors (Lipinski definition) is 7. The Kier molecular flexibility index (Phi) is 22.1. The molecular weight excluding hydrogens is 186 g/mol. The van der Waals surface area contributed by atoms with Crippen molar-refractivity contribution < 1.29 is 87.9 Å². The van der Waals surface area contributed by atoms with Crippen molar-refractivity contribution in [3.63, 3.8) is 0 Å². The van der Waals surface area contributed by atoms with E-state index in [0.717, 1.165) is 6.92 Å². The molecule has 0 bridgehead atoms. The van der Waals surface area contributed by atoms with E-state index >= 15 is 0 Å². The molecule has 7 nitrogen and oxygen atoms in total. The van der Waals surface area contributed by atoms with E-state index in [1.165, 1.54) is 0 Å². The van der Waals surface area contributed by atoms with Crippen LogP contribution in [0.15, 0.2) is 0 Å². The minimum atomic E-state index is -2.06. The molecule has 0 heterocycles. The first-order valence-electron chi connectivity index (χ1n) is 2.03. The summed E-state index contributed by atoms with van der Waals surface area (Å²) in [6.45, 7) is 1.11. The summed E-state index contributed by atoms with van der Waals surface area (Å²) in [7, 11) is -2.06. The number of carbonyl (C=O) groups excluding carboxylic acids is 1.